The van der Waals surface area contributed by atoms with Crippen molar-refractivity contribution in [2.24, 2.45) is 0 Å². The minimum atomic E-state index is -3.44. The smallest absolute Gasteiger partial charge is 0.235 e. The SMILES string of the molecule is CC(C)c1[nH]c2ccc(NC(=O)C3(c4ccc5c(c4)OCO5)CC3)cc2c1S(C)(=O)=O. The average Bonchev–Trinajstić information content (AvgIpc) is 3.22. The van der Waals surface area contributed by atoms with Gasteiger partial charge in [0, 0.05) is 28.5 Å². The molecule has 8 heteroatoms. The van der Waals surface area contributed by atoms with Crippen molar-refractivity contribution in [3.8, 4) is 11.5 Å². The molecule has 5 rings (SSSR count). The Bertz CT molecular complexity index is 1320. The highest BCUT2D eigenvalue weighted by molar-refractivity contribution is 7.91. The Labute approximate surface area is 180 Å². The van der Waals surface area contributed by atoms with Crippen molar-refractivity contribution in [1.82, 2.24) is 4.98 Å². The molecule has 162 valence electrons. The molecule has 2 aliphatic rings. The van der Waals surface area contributed by atoms with Crippen molar-refractivity contribution in [3.05, 3.63) is 47.7 Å². The van der Waals surface area contributed by atoms with E-state index in [1.54, 1.807) is 12.1 Å². The number of rotatable bonds is 5. The van der Waals surface area contributed by atoms with Gasteiger partial charge in [-0.3, -0.25) is 4.79 Å². The fourth-order valence-corrected chi connectivity index (χ4v) is 5.54. The van der Waals surface area contributed by atoms with Crippen molar-refractivity contribution in [2.45, 2.75) is 42.9 Å². The molecule has 31 heavy (non-hydrogen) atoms. The van der Waals surface area contributed by atoms with Crippen molar-refractivity contribution in [2.75, 3.05) is 18.4 Å². The van der Waals surface area contributed by atoms with Gasteiger partial charge in [0.1, 0.15) is 0 Å². The van der Waals surface area contributed by atoms with E-state index in [0.717, 1.165) is 23.9 Å². The van der Waals surface area contributed by atoms with Crippen LogP contribution in [0.25, 0.3) is 10.9 Å². The Morgan fingerprint density at radius 3 is 2.52 bits per heavy atom. The number of aromatic nitrogens is 1. The summed E-state index contributed by atoms with van der Waals surface area (Å²) in [5.41, 5.74) is 2.29. The molecule has 7 nitrogen and oxygen atoms in total. The first kappa shape index (κ1) is 19.9. The predicted molar refractivity (Wildman–Crippen MR) is 118 cm³/mol. The fraction of sp³-hybridized carbons (Fsp3) is 0.348. The number of hydrogen-bond acceptors (Lipinski definition) is 5. The van der Waals surface area contributed by atoms with Crippen molar-refractivity contribution < 1.29 is 22.7 Å². The zero-order valence-corrected chi connectivity index (χ0v) is 18.4. The van der Waals surface area contributed by atoms with Gasteiger partial charge in [0.15, 0.2) is 21.3 Å². The van der Waals surface area contributed by atoms with E-state index in [1.165, 1.54) is 6.26 Å². The normalized spacial score (nSPS) is 16.6. The molecular formula is C23H24N2O5S. The molecular weight excluding hydrogens is 416 g/mol. The molecule has 3 aromatic rings. The van der Waals surface area contributed by atoms with E-state index in [1.807, 2.05) is 38.1 Å². The van der Waals surface area contributed by atoms with E-state index < -0.39 is 15.3 Å². The van der Waals surface area contributed by atoms with Crippen LogP contribution in [0.2, 0.25) is 0 Å². The second-order valence-electron chi connectivity index (χ2n) is 8.66. The number of carbonyl (C=O) groups is 1. The van der Waals surface area contributed by atoms with Crippen LogP contribution in [0.15, 0.2) is 41.3 Å². The summed E-state index contributed by atoms with van der Waals surface area (Å²) in [6.07, 6.45) is 2.71. The van der Waals surface area contributed by atoms with Crippen LogP contribution < -0.4 is 14.8 Å². The number of carbonyl (C=O) groups excluding carboxylic acids is 1. The number of sulfone groups is 1. The third-order valence-corrected chi connectivity index (χ3v) is 7.28. The van der Waals surface area contributed by atoms with E-state index in [0.29, 0.717) is 33.2 Å². The molecule has 1 saturated carbocycles. The Balaban J connectivity index is 1.49. The lowest BCUT2D eigenvalue weighted by Crippen LogP contribution is -2.27. The van der Waals surface area contributed by atoms with Gasteiger partial charge in [-0.05, 0) is 54.7 Å². The zero-order chi connectivity index (χ0) is 22.0. The summed E-state index contributed by atoms with van der Waals surface area (Å²) < 4.78 is 35.8. The summed E-state index contributed by atoms with van der Waals surface area (Å²) in [7, 11) is -3.44. The molecule has 1 aliphatic carbocycles. The standard InChI is InChI=1S/C23H24N2O5S/c1-13(2)20-21(31(3,27)28)16-11-15(5-6-17(16)25-20)24-22(26)23(8-9-23)14-4-7-18-19(10-14)30-12-29-18/h4-7,10-11,13,25H,8-9,12H2,1-3H3,(H,24,26). The fourth-order valence-electron chi connectivity index (χ4n) is 4.29. The Morgan fingerprint density at radius 1 is 1.10 bits per heavy atom. The monoisotopic (exact) mass is 440 g/mol. The number of amides is 1. The first-order valence-corrected chi connectivity index (χ1v) is 12.2. The first-order chi connectivity index (χ1) is 14.7. The maximum Gasteiger partial charge on any atom is 0.235 e. The van der Waals surface area contributed by atoms with Crippen molar-refractivity contribution in [3.63, 3.8) is 0 Å². The Hall–Kier alpha value is -3.00. The highest BCUT2D eigenvalue weighted by atomic mass is 32.2. The molecule has 0 spiro atoms. The Kier molecular flexibility index (Phi) is 4.34. The lowest BCUT2D eigenvalue weighted by atomic mass is 9.94. The number of aromatic amines is 1. The topological polar surface area (TPSA) is 97.5 Å². The lowest BCUT2D eigenvalue weighted by molar-refractivity contribution is -0.118. The third-order valence-electron chi connectivity index (χ3n) is 6.09. The molecule has 2 heterocycles. The molecule has 1 fully saturated rings. The van der Waals surface area contributed by atoms with Crippen LogP contribution in [0.4, 0.5) is 5.69 Å². The number of benzene rings is 2. The molecule has 0 radical (unpaired) electrons. The molecule has 0 unspecified atom stereocenters. The second kappa shape index (κ2) is 6.75. The highest BCUT2D eigenvalue weighted by Crippen LogP contribution is 2.51. The predicted octanol–water partition coefficient (Wildman–Crippen LogP) is 4.09. The van der Waals surface area contributed by atoms with Gasteiger partial charge < -0.3 is 19.8 Å². The molecule has 0 atom stereocenters. The van der Waals surface area contributed by atoms with Crippen LogP contribution >= 0.6 is 0 Å². The van der Waals surface area contributed by atoms with Gasteiger partial charge in [-0.1, -0.05) is 19.9 Å². The second-order valence-corrected chi connectivity index (χ2v) is 10.6. The number of nitrogens with one attached hydrogen (secondary N) is 2. The number of anilines is 1. The number of H-pyrrole nitrogens is 1. The largest absolute Gasteiger partial charge is 0.454 e. The molecule has 2 aromatic carbocycles. The molecule has 0 bridgehead atoms. The van der Waals surface area contributed by atoms with Gasteiger partial charge in [-0.25, -0.2) is 8.42 Å². The van der Waals surface area contributed by atoms with Gasteiger partial charge in [-0.15, -0.1) is 0 Å². The molecule has 1 aliphatic heterocycles. The van der Waals surface area contributed by atoms with Gasteiger partial charge >= 0.3 is 0 Å². The number of fused-ring (bicyclic) bond motifs is 2. The zero-order valence-electron chi connectivity index (χ0n) is 17.6. The summed E-state index contributed by atoms with van der Waals surface area (Å²) >= 11 is 0. The molecule has 2 N–H and O–H groups in total. The van der Waals surface area contributed by atoms with Crippen molar-refractivity contribution in [1.29, 1.82) is 0 Å². The summed E-state index contributed by atoms with van der Waals surface area (Å²) in [5.74, 6) is 1.26. The van der Waals surface area contributed by atoms with E-state index >= 15 is 0 Å². The highest BCUT2D eigenvalue weighted by Gasteiger charge is 2.51. The maximum atomic E-state index is 13.2. The quantitative estimate of drug-likeness (QED) is 0.623. The van der Waals surface area contributed by atoms with E-state index in [9.17, 15) is 13.2 Å². The van der Waals surface area contributed by atoms with Crippen LogP contribution in [0.5, 0.6) is 11.5 Å². The van der Waals surface area contributed by atoms with Gasteiger partial charge in [0.25, 0.3) is 0 Å². The van der Waals surface area contributed by atoms with Gasteiger partial charge in [0.2, 0.25) is 12.7 Å². The van der Waals surface area contributed by atoms with Crippen LogP contribution in [0, 0.1) is 0 Å². The number of ether oxygens (including phenoxy) is 2. The summed E-state index contributed by atoms with van der Waals surface area (Å²) in [6.45, 7) is 4.09. The van der Waals surface area contributed by atoms with Crippen molar-refractivity contribution >= 4 is 32.3 Å². The molecule has 0 saturated heterocycles. The lowest BCUT2D eigenvalue weighted by Gasteiger charge is -2.16. The number of hydrogen-bond donors (Lipinski definition) is 2. The van der Waals surface area contributed by atoms with Crippen LogP contribution in [0.3, 0.4) is 0 Å². The summed E-state index contributed by atoms with van der Waals surface area (Å²) in [6, 6.07) is 11.0. The Morgan fingerprint density at radius 2 is 1.84 bits per heavy atom. The van der Waals surface area contributed by atoms with Gasteiger partial charge in [0.05, 0.1) is 10.3 Å². The van der Waals surface area contributed by atoms with Crippen LogP contribution in [-0.4, -0.2) is 32.4 Å². The summed E-state index contributed by atoms with van der Waals surface area (Å²) in [5, 5.41) is 3.59. The molecule has 1 aromatic heterocycles. The van der Waals surface area contributed by atoms with Gasteiger partial charge in [-0.2, -0.15) is 0 Å². The van der Waals surface area contributed by atoms with E-state index in [2.05, 4.69) is 10.3 Å². The minimum Gasteiger partial charge on any atom is -0.454 e. The van der Waals surface area contributed by atoms with E-state index in [-0.39, 0.29) is 18.6 Å². The first-order valence-electron chi connectivity index (χ1n) is 10.3. The average molecular weight is 441 g/mol. The maximum absolute atomic E-state index is 13.2. The van der Waals surface area contributed by atoms with Crippen LogP contribution in [-0.2, 0) is 20.0 Å². The molecule has 1 amide bonds. The minimum absolute atomic E-state index is 0.0240. The summed E-state index contributed by atoms with van der Waals surface area (Å²) in [4.78, 5) is 16.7. The third kappa shape index (κ3) is 3.26. The van der Waals surface area contributed by atoms with Crippen LogP contribution in [0.1, 0.15) is 43.9 Å². The van der Waals surface area contributed by atoms with E-state index in [4.69, 9.17) is 9.47 Å².